The van der Waals surface area contributed by atoms with Crippen LogP contribution in [0.25, 0.3) is 0 Å². The third kappa shape index (κ3) is 3.40. The number of rotatable bonds is 5. The molecule has 124 valence electrons. The van der Waals surface area contributed by atoms with E-state index in [1.54, 1.807) is 36.4 Å². The van der Waals surface area contributed by atoms with Gasteiger partial charge in [0.25, 0.3) is 11.8 Å². The number of amides is 2. The average Bonchev–Trinajstić information content (AvgIpc) is 2.60. The highest BCUT2D eigenvalue weighted by atomic mass is 16.5. The third-order valence-electron chi connectivity index (χ3n) is 3.35. The molecule has 3 rings (SSSR count). The first kappa shape index (κ1) is 15.7. The molecule has 2 N–H and O–H groups in total. The van der Waals surface area contributed by atoms with Crippen LogP contribution in [0.4, 0.5) is 11.4 Å². The summed E-state index contributed by atoms with van der Waals surface area (Å²) in [6, 6.07) is 12.2. The smallest absolute Gasteiger partial charge is 0.262 e. The molecule has 1 heterocycles. The fraction of sp³-hybridized carbons (Fsp3) is 0.176. The maximum Gasteiger partial charge on any atom is 0.262 e. The number of methoxy groups -OCH3 is 1. The van der Waals surface area contributed by atoms with Crippen molar-refractivity contribution >= 4 is 23.2 Å². The molecule has 1 aliphatic rings. The lowest BCUT2D eigenvalue weighted by Crippen LogP contribution is -2.27. The van der Waals surface area contributed by atoms with Gasteiger partial charge in [-0.3, -0.25) is 9.59 Å². The minimum Gasteiger partial charge on any atom is -0.493 e. The Morgan fingerprint density at radius 1 is 1.21 bits per heavy atom. The van der Waals surface area contributed by atoms with Crippen LogP contribution in [-0.4, -0.2) is 32.1 Å². The molecule has 0 radical (unpaired) electrons. The second kappa shape index (κ2) is 6.91. The molecule has 0 unspecified atom stereocenters. The molecule has 2 aromatic carbocycles. The number of anilines is 2. The summed E-state index contributed by atoms with van der Waals surface area (Å²) in [4.78, 5) is 23.6. The summed E-state index contributed by atoms with van der Waals surface area (Å²) < 4.78 is 15.9. The molecule has 24 heavy (non-hydrogen) atoms. The summed E-state index contributed by atoms with van der Waals surface area (Å²) in [6.07, 6.45) is 0. The molecule has 0 saturated heterocycles. The molecule has 7 nitrogen and oxygen atoms in total. The molecule has 0 spiro atoms. The second-order valence-corrected chi connectivity index (χ2v) is 5.00. The summed E-state index contributed by atoms with van der Waals surface area (Å²) in [5.74, 6) is 0.895. The first-order valence-corrected chi connectivity index (χ1v) is 7.28. The standard InChI is InChI=1S/C17H16N2O5/c1-22-12-6-2-3-7-13(12)23-9-15(20)18-11-5-4-8-14-17(11)19-16(21)10-24-14/h2-8H,9-10H2,1H3,(H,18,20)(H,19,21). The molecule has 1 aliphatic heterocycles. The number of ether oxygens (including phenoxy) is 3. The number of hydrogen-bond donors (Lipinski definition) is 2. The lowest BCUT2D eigenvalue weighted by atomic mass is 10.2. The Kier molecular flexibility index (Phi) is 4.51. The zero-order valence-electron chi connectivity index (χ0n) is 13.0. The van der Waals surface area contributed by atoms with Crippen molar-refractivity contribution in [2.24, 2.45) is 0 Å². The van der Waals surface area contributed by atoms with Gasteiger partial charge in [-0.05, 0) is 24.3 Å². The third-order valence-corrected chi connectivity index (χ3v) is 3.35. The minimum atomic E-state index is -0.367. The van der Waals surface area contributed by atoms with E-state index in [0.29, 0.717) is 28.6 Å². The van der Waals surface area contributed by atoms with E-state index in [-0.39, 0.29) is 25.0 Å². The van der Waals surface area contributed by atoms with E-state index in [2.05, 4.69) is 10.6 Å². The summed E-state index contributed by atoms with van der Waals surface area (Å²) in [6.45, 7) is -0.236. The minimum absolute atomic E-state index is 0.0404. The normalized spacial score (nSPS) is 12.5. The van der Waals surface area contributed by atoms with Crippen LogP contribution >= 0.6 is 0 Å². The van der Waals surface area contributed by atoms with Crippen LogP contribution in [0, 0.1) is 0 Å². The Morgan fingerprint density at radius 3 is 2.79 bits per heavy atom. The lowest BCUT2D eigenvalue weighted by molar-refractivity contribution is -0.119. The van der Waals surface area contributed by atoms with Gasteiger partial charge in [-0.15, -0.1) is 0 Å². The van der Waals surface area contributed by atoms with Crippen LogP contribution in [0.2, 0.25) is 0 Å². The van der Waals surface area contributed by atoms with Crippen LogP contribution < -0.4 is 24.8 Å². The Hall–Kier alpha value is -3.22. The average molecular weight is 328 g/mol. The number of fused-ring (bicyclic) bond motifs is 1. The summed E-state index contributed by atoms with van der Waals surface area (Å²) in [5, 5.41) is 5.39. The van der Waals surface area contributed by atoms with Crippen LogP contribution in [0.5, 0.6) is 17.2 Å². The second-order valence-electron chi connectivity index (χ2n) is 5.00. The molecule has 0 aliphatic carbocycles. The van der Waals surface area contributed by atoms with Crippen molar-refractivity contribution in [3.05, 3.63) is 42.5 Å². The van der Waals surface area contributed by atoms with Crippen molar-refractivity contribution in [2.75, 3.05) is 31.0 Å². The van der Waals surface area contributed by atoms with E-state index >= 15 is 0 Å². The number of carbonyl (C=O) groups is 2. The van der Waals surface area contributed by atoms with Gasteiger partial charge in [-0.2, -0.15) is 0 Å². The van der Waals surface area contributed by atoms with E-state index in [1.807, 2.05) is 6.07 Å². The van der Waals surface area contributed by atoms with Crippen LogP contribution in [0.3, 0.4) is 0 Å². The van der Waals surface area contributed by atoms with Crippen molar-refractivity contribution in [3.63, 3.8) is 0 Å². The molecule has 2 amide bonds. The van der Waals surface area contributed by atoms with Gasteiger partial charge in [0.05, 0.1) is 12.8 Å². The molecule has 0 saturated carbocycles. The quantitative estimate of drug-likeness (QED) is 0.877. The van der Waals surface area contributed by atoms with Gasteiger partial charge in [-0.1, -0.05) is 18.2 Å². The van der Waals surface area contributed by atoms with Gasteiger partial charge in [0.1, 0.15) is 11.4 Å². The van der Waals surface area contributed by atoms with Crippen LogP contribution in [0.15, 0.2) is 42.5 Å². The Labute approximate surface area is 138 Å². The molecule has 0 fully saturated rings. The van der Waals surface area contributed by atoms with Gasteiger partial charge in [-0.25, -0.2) is 0 Å². The Balaban J connectivity index is 1.67. The van der Waals surface area contributed by atoms with Gasteiger partial charge in [0.2, 0.25) is 0 Å². The van der Waals surface area contributed by atoms with Crippen molar-refractivity contribution < 1.29 is 23.8 Å². The van der Waals surface area contributed by atoms with E-state index in [4.69, 9.17) is 14.2 Å². The predicted octanol–water partition coefficient (Wildman–Crippen LogP) is 2.04. The summed E-state index contributed by atoms with van der Waals surface area (Å²) >= 11 is 0. The molecular formula is C17H16N2O5. The number of carbonyl (C=O) groups excluding carboxylic acids is 2. The summed E-state index contributed by atoms with van der Waals surface area (Å²) in [7, 11) is 1.53. The van der Waals surface area contributed by atoms with Gasteiger partial charge < -0.3 is 24.8 Å². The number of hydrogen-bond acceptors (Lipinski definition) is 5. The fourth-order valence-corrected chi connectivity index (χ4v) is 2.27. The number of benzene rings is 2. The van der Waals surface area contributed by atoms with Crippen molar-refractivity contribution in [1.29, 1.82) is 0 Å². The molecule has 2 aromatic rings. The first-order chi connectivity index (χ1) is 11.7. The van der Waals surface area contributed by atoms with Crippen molar-refractivity contribution in [2.45, 2.75) is 0 Å². The zero-order chi connectivity index (χ0) is 16.9. The molecule has 0 aromatic heterocycles. The van der Waals surface area contributed by atoms with Gasteiger partial charge in [0, 0.05) is 0 Å². The van der Waals surface area contributed by atoms with Gasteiger partial charge >= 0.3 is 0 Å². The molecular weight excluding hydrogens is 312 g/mol. The van der Waals surface area contributed by atoms with Crippen LogP contribution in [0.1, 0.15) is 0 Å². The van der Waals surface area contributed by atoms with Crippen LogP contribution in [-0.2, 0) is 9.59 Å². The highest BCUT2D eigenvalue weighted by Crippen LogP contribution is 2.34. The monoisotopic (exact) mass is 328 g/mol. The molecule has 0 atom stereocenters. The van der Waals surface area contributed by atoms with E-state index in [0.717, 1.165) is 0 Å². The zero-order valence-corrected chi connectivity index (χ0v) is 13.0. The topological polar surface area (TPSA) is 85.9 Å². The number of nitrogens with one attached hydrogen (secondary N) is 2. The van der Waals surface area contributed by atoms with Gasteiger partial charge in [0.15, 0.2) is 24.7 Å². The Morgan fingerprint density at radius 2 is 2.00 bits per heavy atom. The van der Waals surface area contributed by atoms with Crippen molar-refractivity contribution in [3.8, 4) is 17.2 Å². The van der Waals surface area contributed by atoms with E-state index < -0.39 is 0 Å². The number of para-hydroxylation sites is 3. The maximum absolute atomic E-state index is 12.1. The predicted molar refractivity (Wildman–Crippen MR) is 87.7 cm³/mol. The highest BCUT2D eigenvalue weighted by Gasteiger charge is 2.20. The SMILES string of the molecule is COc1ccccc1OCC(=O)Nc1cccc2c1NC(=O)CO2. The van der Waals surface area contributed by atoms with Crippen molar-refractivity contribution in [1.82, 2.24) is 0 Å². The highest BCUT2D eigenvalue weighted by molar-refractivity contribution is 6.03. The maximum atomic E-state index is 12.1. The fourth-order valence-electron chi connectivity index (χ4n) is 2.27. The van der Waals surface area contributed by atoms with E-state index in [1.165, 1.54) is 7.11 Å². The summed E-state index contributed by atoms with van der Waals surface area (Å²) in [5.41, 5.74) is 0.897. The molecule has 7 heteroatoms. The first-order valence-electron chi connectivity index (χ1n) is 7.28. The molecule has 0 bridgehead atoms. The largest absolute Gasteiger partial charge is 0.493 e. The lowest BCUT2D eigenvalue weighted by Gasteiger charge is -2.20. The Bertz CT molecular complexity index is 775. The van der Waals surface area contributed by atoms with E-state index in [9.17, 15) is 9.59 Å².